The van der Waals surface area contributed by atoms with Crippen LogP contribution in [-0.2, 0) is 6.54 Å². The van der Waals surface area contributed by atoms with E-state index in [0.29, 0.717) is 23.2 Å². The number of rotatable bonds is 4. The molecule has 0 spiro atoms. The second-order valence-corrected chi connectivity index (χ2v) is 6.59. The van der Waals surface area contributed by atoms with E-state index < -0.39 is 0 Å². The van der Waals surface area contributed by atoms with Crippen LogP contribution in [0.2, 0.25) is 5.02 Å². The predicted molar refractivity (Wildman–Crippen MR) is 91.7 cm³/mol. The summed E-state index contributed by atoms with van der Waals surface area (Å²) < 4.78 is 1.75. The predicted octanol–water partition coefficient (Wildman–Crippen LogP) is 4.04. The highest BCUT2D eigenvalue weighted by atomic mass is 35.5. The van der Waals surface area contributed by atoms with Crippen LogP contribution >= 0.6 is 11.6 Å². The van der Waals surface area contributed by atoms with E-state index in [9.17, 15) is 4.79 Å². The quantitative estimate of drug-likeness (QED) is 0.859. The first-order valence-electron chi connectivity index (χ1n) is 8.29. The van der Waals surface area contributed by atoms with Crippen LogP contribution in [0.1, 0.15) is 54.4 Å². The van der Waals surface area contributed by atoms with Crippen molar-refractivity contribution in [3.05, 3.63) is 52.8 Å². The maximum absolute atomic E-state index is 12.4. The van der Waals surface area contributed by atoms with Gasteiger partial charge in [-0.25, -0.2) is 0 Å². The van der Waals surface area contributed by atoms with Crippen molar-refractivity contribution in [3.8, 4) is 0 Å². The normalized spacial score (nSPS) is 16.0. The molecule has 1 fully saturated rings. The smallest absolute Gasteiger partial charge is 0.254 e. The Morgan fingerprint density at radius 3 is 2.70 bits per heavy atom. The molecule has 1 aromatic heterocycles. The monoisotopic (exact) mass is 331 g/mol. The van der Waals surface area contributed by atoms with Crippen LogP contribution in [0.25, 0.3) is 0 Å². The zero-order chi connectivity index (χ0) is 16.1. The standard InChI is InChI=1S/C18H22ClN3O/c19-17-10-6-5-7-14(17)12-22-13-15(11-20-22)18(23)21-16-8-3-1-2-4-9-16/h5-7,10-11,13,16H,1-4,8-9,12H2,(H,21,23). The number of hydrogen-bond donors (Lipinski definition) is 1. The minimum Gasteiger partial charge on any atom is -0.349 e. The number of nitrogens with one attached hydrogen (secondary N) is 1. The summed E-state index contributed by atoms with van der Waals surface area (Å²) in [5.41, 5.74) is 1.61. The molecule has 4 nitrogen and oxygen atoms in total. The number of carbonyl (C=O) groups excluding carboxylic acids is 1. The third-order valence-corrected chi connectivity index (χ3v) is 4.74. The summed E-state index contributed by atoms with van der Waals surface area (Å²) >= 11 is 6.17. The second kappa shape index (κ2) is 7.64. The number of halogens is 1. The van der Waals surface area contributed by atoms with Crippen LogP contribution in [0.4, 0.5) is 0 Å². The highest BCUT2D eigenvalue weighted by Gasteiger charge is 2.17. The molecular weight excluding hydrogens is 310 g/mol. The first kappa shape index (κ1) is 16.1. The van der Waals surface area contributed by atoms with Gasteiger partial charge in [-0.2, -0.15) is 5.10 Å². The van der Waals surface area contributed by atoms with Crippen molar-refractivity contribution in [2.45, 2.75) is 51.1 Å². The highest BCUT2D eigenvalue weighted by Crippen LogP contribution is 2.18. The molecule has 0 atom stereocenters. The molecule has 0 unspecified atom stereocenters. The molecule has 1 aliphatic rings. The topological polar surface area (TPSA) is 46.9 Å². The van der Waals surface area contributed by atoms with E-state index in [4.69, 9.17) is 11.6 Å². The van der Waals surface area contributed by atoms with Gasteiger partial charge in [0.1, 0.15) is 0 Å². The zero-order valence-electron chi connectivity index (χ0n) is 13.2. The van der Waals surface area contributed by atoms with Crippen LogP contribution in [0, 0.1) is 0 Å². The molecule has 1 aliphatic carbocycles. The van der Waals surface area contributed by atoms with Crippen molar-refractivity contribution in [1.82, 2.24) is 15.1 Å². The summed E-state index contributed by atoms with van der Waals surface area (Å²) in [6, 6.07) is 7.98. The van der Waals surface area contributed by atoms with Gasteiger partial charge in [0, 0.05) is 17.3 Å². The third-order valence-electron chi connectivity index (χ3n) is 4.38. The average Bonchev–Trinajstić information content (AvgIpc) is 2.86. The maximum atomic E-state index is 12.4. The molecule has 122 valence electrons. The molecule has 1 heterocycles. The third kappa shape index (κ3) is 4.35. The Bertz CT molecular complexity index is 660. The molecule has 1 saturated carbocycles. The molecule has 23 heavy (non-hydrogen) atoms. The van der Waals surface area contributed by atoms with Gasteiger partial charge in [-0.05, 0) is 24.5 Å². The van der Waals surface area contributed by atoms with Crippen molar-refractivity contribution in [2.75, 3.05) is 0 Å². The lowest BCUT2D eigenvalue weighted by Gasteiger charge is -2.15. The molecule has 3 rings (SSSR count). The first-order chi connectivity index (χ1) is 11.2. The highest BCUT2D eigenvalue weighted by molar-refractivity contribution is 6.31. The molecule has 1 amide bonds. The summed E-state index contributed by atoms with van der Waals surface area (Å²) in [4.78, 5) is 12.4. The fraction of sp³-hybridized carbons (Fsp3) is 0.444. The summed E-state index contributed by atoms with van der Waals surface area (Å²) in [5.74, 6) is -0.0256. The minimum atomic E-state index is -0.0256. The van der Waals surface area contributed by atoms with Crippen molar-refractivity contribution < 1.29 is 4.79 Å². The lowest BCUT2D eigenvalue weighted by Crippen LogP contribution is -2.34. The molecule has 1 N–H and O–H groups in total. The molecule has 2 aromatic rings. The molecule has 0 bridgehead atoms. The van der Waals surface area contributed by atoms with Crippen LogP contribution in [0.15, 0.2) is 36.7 Å². The van der Waals surface area contributed by atoms with Gasteiger partial charge < -0.3 is 5.32 Å². The van der Waals surface area contributed by atoms with E-state index in [2.05, 4.69) is 10.4 Å². The molecule has 1 aromatic carbocycles. The van der Waals surface area contributed by atoms with Crippen LogP contribution in [0.5, 0.6) is 0 Å². The lowest BCUT2D eigenvalue weighted by atomic mass is 10.1. The summed E-state index contributed by atoms with van der Waals surface area (Å²) in [6.07, 6.45) is 10.6. The molecule has 0 radical (unpaired) electrons. The van der Waals surface area contributed by atoms with E-state index in [1.54, 1.807) is 17.1 Å². The Morgan fingerprint density at radius 1 is 1.22 bits per heavy atom. The minimum absolute atomic E-state index is 0.0256. The first-order valence-corrected chi connectivity index (χ1v) is 8.67. The van der Waals surface area contributed by atoms with E-state index >= 15 is 0 Å². The van der Waals surface area contributed by atoms with Gasteiger partial charge in [-0.3, -0.25) is 9.48 Å². The van der Waals surface area contributed by atoms with Crippen molar-refractivity contribution in [3.63, 3.8) is 0 Å². The van der Waals surface area contributed by atoms with E-state index in [0.717, 1.165) is 18.4 Å². The lowest BCUT2D eigenvalue weighted by molar-refractivity contribution is 0.0933. The van der Waals surface area contributed by atoms with Gasteiger partial charge in [0.15, 0.2) is 0 Å². The zero-order valence-corrected chi connectivity index (χ0v) is 13.9. The van der Waals surface area contributed by atoms with Crippen molar-refractivity contribution >= 4 is 17.5 Å². The molecular formula is C18H22ClN3O. The Hall–Kier alpha value is -1.81. The van der Waals surface area contributed by atoms with E-state index in [-0.39, 0.29) is 5.91 Å². The number of aromatic nitrogens is 2. The van der Waals surface area contributed by atoms with Gasteiger partial charge in [-0.1, -0.05) is 55.5 Å². The van der Waals surface area contributed by atoms with Crippen molar-refractivity contribution in [2.24, 2.45) is 0 Å². The Labute approximate surface area is 141 Å². The summed E-state index contributed by atoms with van der Waals surface area (Å²) in [6.45, 7) is 0.566. The fourth-order valence-electron chi connectivity index (χ4n) is 3.06. The fourth-order valence-corrected chi connectivity index (χ4v) is 3.26. The van der Waals surface area contributed by atoms with Crippen LogP contribution in [-0.4, -0.2) is 21.7 Å². The molecule has 5 heteroatoms. The summed E-state index contributed by atoms with van der Waals surface area (Å²) in [7, 11) is 0. The van der Waals surface area contributed by atoms with Gasteiger partial charge in [0.05, 0.1) is 18.3 Å². The SMILES string of the molecule is O=C(NC1CCCCCC1)c1cnn(Cc2ccccc2Cl)c1. The van der Waals surface area contributed by atoms with Gasteiger partial charge in [-0.15, -0.1) is 0 Å². The Morgan fingerprint density at radius 2 is 1.96 bits per heavy atom. The van der Waals surface area contributed by atoms with Gasteiger partial charge in [0.2, 0.25) is 0 Å². The molecule has 0 saturated heterocycles. The molecule has 0 aliphatic heterocycles. The van der Waals surface area contributed by atoms with E-state index in [1.165, 1.54) is 25.7 Å². The van der Waals surface area contributed by atoms with Gasteiger partial charge >= 0.3 is 0 Å². The van der Waals surface area contributed by atoms with Crippen LogP contribution in [0.3, 0.4) is 0 Å². The Balaban J connectivity index is 1.62. The number of hydrogen-bond acceptors (Lipinski definition) is 2. The van der Waals surface area contributed by atoms with E-state index in [1.807, 2.05) is 24.3 Å². The number of carbonyl (C=O) groups is 1. The summed E-state index contributed by atoms with van der Waals surface area (Å²) in [5, 5.41) is 8.14. The average molecular weight is 332 g/mol. The number of nitrogens with zero attached hydrogens (tertiary/aromatic N) is 2. The number of amides is 1. The van der Waals surface area contributed by atoms with Crippen LogP contribution < -0.4 is 5.32 Å². The largest absolute Gasteiger partial charge is 0.349 e. The maximum Gasteiger partial charge on any atom is 0.254 e. The Kier molecular flexibility index (Phi) is 5.34. The number of benzene rings is 1. The van der Waals surface area contributed by atoms with Crippen molar-refractivity contribution in [1.29, 1.82) is 0 Å². The van der Waals surface area contributed by atoms with Gasteiger partial charge in [0.25, 0.3) is 5.91 Å². The second-order valence-electron chi connectivity index (χ2n) is 6.18.